The Hall–Kier alpha value is -2.69. The summed E-state index contributed by atoms with van der Waals surface area (Å²) in [6, 6.07) is 9.06. The van der Waals surface area contributed by atoms with Crippen LogP contribution < -0.4 is 5.32 Å². The van der Waals surface area contributed by atoms with Crippen molar-refractivity contribution in [2.24, 2.45) is 0 Å². The fraction of sp³-hybridized carbons (Fsp3) is 0.350. The minimum absolute atomic E-state index is 0.171. The molecule has 0 saturated heterocycles. The number of nitrogens with one attached hydrogen (secondary N) is 1. The molecule has 0 aliphatic carbocycles. The van der Waals surface area contributed by atoms with Crippen LogP contribution in [0.3, 0.4) is 0 Å². The summed E-state index contributed by atoms with van der Waals surface area (Å²) in [5.74, 6) is -0.420. The average molecular weight is 339 g/mol. The molecular weight excluding hydrogens is 314 g/mol. The Labute approximate surface area is 149 Å². The summed E-state index contributed by atoms with van der Waals surface area (Å²) >= 11 is 0. The standard InChI is InChI=1S/C20H25N3O2/c1-5-6-11-23(4)20(25)18-13-16(9-10-21-18)19(24)22-17-12-14(2)7-8-15(17)3/h7-10,12-13H,5-6,11H2,1-4H3,(H,22,24). The molecule has 5 nitrogen and oxygen atoms in total. The Kier molecular flexibility index (Phi) is 6.28. The minimum Gasteiger partial charge on any atom is -0.340 e. The predicted molar refractivity (Wildman–Crippen MR) is 100.0 cm³/mol. The number of aromatic nitrogens is 1. The Morgan fingerprint density at radius 1 is 1.16 bits per heavy atom. The average Bonchev–Trinajstić information content (AvgIpc) is 2.62. The number of nitrogens with zero attached hydrogens (tertiary/aromatic N) is 2. The fourth-order valence-corrected chi connectivity index (χ4v) is 2.45. The molecule has 1 aromatic carbocycles. The molecule has 25 heavy (non-hydrogen) atoms. The van der Waals surface area contributed by atoms with Crippen LogP contribution in [0.4, 0.5) is 5.69 Å². The quantitative estimate of drug-likeness (QED) is 0.870. The van der Waals surface area contributed by atoms with Gasteiger partial charge in [0.2, 0.25) is 0 Å². The molecule has 132 valence electrons. The number of aryl methyl sites for hydroxylation is 2. The first-order valence-corrected chi connectivity index (χ1v) is 8.52. The molecule has 0 aliphatic heterocycles. The Morgan fingerprint density at radius 3 is 2.64 bits per heavy atom. The van der Waals surface area contributed by atoms with Crippen LogP contribution in [0.1, 0.15) is 51.7 Å². The van der Waals surface area contributed by atoms with Crippen molar-refractivity contribution in [1.29, 1.82) is 0 Å². The lowest BCUT2D eigenvalue weighted by Crippen LogP contribution is -2.28. The van der Waals surface area contributed by atoms with E-state index >= 15 is 0 Å². The molecule has 5 heteroatoms. The summed E-state index contributed by atoms with van der Waals surface area (Å²) in [4.78, 5) is 30.7. The smallest absolute Gasteiger partial charge is 0.272 e. The minimum atomic E-state index is -0.249. The fourth-order valence-electron chi connectivity index (χ4n) is 2.45. The second-order valence-corrected chi connectivity index (χ2v) is 6.28. The molecular formula is C20H25N3O2. The predicted octanol–water partition coefficient (Wildman–Crippen LogP) is 3.82. The number of hydrogen-bond donors (Lipinski definition) is 1. The van der Waals surface area contributed by atoms with Crippen molar-refractivity contribution < 1.29 is 9.59 Å². The maximum absolute atomic E-state index is 12.5. The van der Waals surface area contributed by atoms with Crippen molar-refractivity contribution in [2.75, 3.05) is 18.9 Å². The lowest BCUT2D eigenvalue weighted by Gasteiger charge is -2.16. The van der Waals surface area contributed by atoms with Gasteiger partial charge in [-0.05, 0) is 49.6 Å². The summed E-state index contributed by atoms with van der Waals surface area (Å²) in [5, 5.41) is 2.91. The largest absolute Gasteiger partial charge is 0.340 e. The van der Waals surface area contributed by atoms with Crippen molar-refractivity contribution in [3.05, 3.63) is 58.9 Å². The van der Waals surface area contributed by atoms with Crippen molar-refractivity contribution in [3.8, 4) is 0 Å². The highest BCUT2D eigenvalue weighted by molar-refractivity contribution is 6.06. The molecule has 1 N–H and O–H groups in total. The molecule has 0 bridgehead atoms. The number of carbonyl (C=O) groups excluding carboxylic acids is 2. The molecule has 2 rings (SSSR count). The molecule has 0 atom stereocenters. The van der Waals surface area contributed by atoms with Gasteiger partial charge in [0.05, 0.1) is 0 Å². The summed E-state index contributed by atoms with van der Waals surface area (Å²) in [5.41, 5.74) is 3.54. The van der Waals surface area contributed by atoms with E-state index in [0.29, 0.717) is 12.1 Å². The van der Waals surface area contributed by atoms with E-state index in [0.717, 1.165) is 29.7 Å². The van der Waals surface area contributed by atoms with Gasteiger partial charge in [-0.25, -0.2) is 0 Å². The number of amides is 2. The second kappa shape index (κ2) is 8.42. The Bertz CT molecular complexity index is 771. The first-order valence-electron chi connectivity index (χ1n) is 8.52. The first kappa shape index (κ1) is 18.6. The molecule has 0 radical (unpaired) electrons. The maximum atomic E-state index is 12.5. The van der Waals surface area contributed by atoms with E-state index < -0.39 is 0 Å². The van der Waals surface area contributed by atoms with E-state index in [1.807, 2.05) is 32.0 Å². The SMILES string of the molecule is CCCCN(C)C(=O)c1cc(C(=O)Nc2cc(C)ccc2C)ccn1. The molecule has 2 aromatic rings. The van der Waals surface area contributed by atoms with Gasteiger partial charge in [-0.1, -0.05) is 25.5 Å². The number of rotatable bonds is 6. The van der Waals surface area contributed by atoms with Gasteiger partial charge in [0.1, 0.15) is 5.69 Å². The van der Waals surface area contributed by atoms with Gasteiger partial charge in [-0.2, -0.15) is 0 Å². The monoisotopic (exact) mass is 339 g/mol. The molecule has 0 aliphatic rings. The van der Waals surface area contributed by atoms with Crippen molar-refractivity contribution in [3.63, 3.8) is 0 Å². The van der Waals surface area contributed by atoms with Crippen LogP contribution in [0.5, 0.6) is 0 Å². The van der Waals surface area contributed by atoms with E-state index in [9.17, 15) is 9.59 Å². The Balaban J connectivity index is 2.16. The number of benzene rings is 1. The summed E-state index contributed by atoms with van der Waals surface area (Å²) in [6.45, 7) is 6.68. The number of anilines is 1. The van der Waals surface area contributed by atoms with Crippen molar-refractivity contribution in [2.45, 2.75) is 33.6 Å². The van der Waals surface area contributed by atoms with Gasteiger partial charge >= 0.3 is 0 Å². The third-order valence-corrected chi connectivity index (χ3v) is 4.08. The van der Waals surface area contributed by atoms with E-state index in [1.54, 1.807) is 24.1 Å². The highest BCUT2D eigenvalue weighted by Gasteiger charge is 2.15. The molecule has 0 unspecified atom stereocenters. The topological polar surface area (TPSA) is 62.3 Å². The lowest BCUT2D eigenvalue weighted by molar-refractivity contribution is 0.0787. The van der Waals surface area contributed by atoms with E-state index in [2.05, 4.69) is 17.2 Å². The van der Waals surface area contributed by atoms with Crippen molar-refractivity contribution >= 4 is 17.5 Å². The highest BCUT2D eigenvalue weighted by Crippen LogP contribution is 2.17. The normalized spacial score (nSPS) is 10.4. The zero-order valence-electron chi connectivity index (χ0n) is 15.3. The van der Waals surface area contributed by atoms with Gasteiger partial charge in [0.25, 0.3) is 11.8 Å². The van der Waals surface area contributed by atoms with E-state index in [4.69, 9.17) is 0 Å². The Morgan fingerprint density at radius 2 is 1.92 bits per heavy atom. The molecule has 2 amide bonds. The van der Waals surface area contributed by atoms with Crippen LogP contribution in [-0.4, -0.2) is 35.3 Å². The highest BCUT2D eigenvalue weighted by atomic mass is 16.2. The van der Waals surface area contributed by atoms with Crippen LogP contribution in [-0.2, 0) is 0 Å². The van der Waals surface area contributed by atoms with Crippen LogP contribution in [0.2, 0.25) is 0 Å². The molecule has 1 aromatic heterocycles. The molecule has 1 heterocycles. The van der Waals surface area contributed by atoms with Crippen LogP contribution >= 0.6 is 0 Å². The molecule has 0 saturated carbocycles. The molecule has 0 fully saturated rings. The van der Waals surface area contributed by atoms with Crippen LogP contribution in [0, 0.1) is 13.8 Å². The number of unbranched alkanes of at least 4 members (excludes halogenated alkanes) is 1. The number of hydrogen-bond acceptors (Lipinski definition) is 3. The number of pyridine rings is 1. The maximum Gasteiger partial charge on any atom is 0.272 e. The number of carbonyl (C=O) groups is 2. The summed E-state index contributed by atoms with van der Waals surface area (Å²) in [7, 11) is 1.75. The first-order chi connectivity index (χ1) is 11.9. The van der Waals surface area contributed by atoms with E-state index in [1.165, 1.54) is 6.20 Å². The van der Waals surface area contributed by atoms with Crippen LogP contribution in [0.25, 0.3) is 0 Å². The zero-order valence-corrected chi connectivity index (χ0v) is 15.3. The zero-order chi connectivity index (χ0) is 18.4. The third kappa shape index (κ3) is 4.89. The lowest BCUT2D eigenvalue weighted by atomic mass is 10.1. The molecule has 0 spiro atoms. The summed E-state index contributed by atoms with van der Waals surface area (Å²) < 4.78 is 0. The summed E-state index contributed by atoms with van der Waals surface area (Å²) in [6.07, 6.45) is 3.46. The van der Waals surface area contributed by atoms with Crippen LogP contribution in [0.15, 0.2) is 36.5 Å². The van der Waals surface area contributed by atoms with Gasteiger partial charge in [-0.15, -0.1) is 0 Å². The third-order valence-electron chi connectivity index (χ3n) is 4.08. The van der Waals surface area contributed by atoms with E-state index in [-0.39, 0.29) is 17.5 Å². The second-order valence-electron chi connectivity index (χ2n) is 6.28. The van der Waals surface area contributed by atoms with Crippen molar-refractivity contribution in [1.82, 2.24) is 9.88 Å². The van der Waals surface area contributed by atoms with Gasteiger partial charge in [0.15, 0.2) is 0 Å². The van der Waals surface area contributed by atoms with Gasteiger partial charge in [0, 0.05) is 31.0 Å². The van der Waals surface area contributed by atoms with Gasteiger partial charge in [-0.3, -0.25) is 14.6 Å². The van der Waals surface area contributed by atoms with Gasteiger partial charge < -0.3 is 10.2 Å².